The van der Waals surface area contributed by atoms with E-state index in [0.717, 1.165) is 5.56 Å². The summed E-state index contributed by atoms with van der Waals surface area (Å²) in [5, 5.41) is 2.99. The van der Waals surface area contributed by atoms with Gasteiger partial charge >= 0.3 is 0 Å². The molecule has 2 heterocycles. The highest BCUT2D eigenvalue weighted by molar-refractivity contribution is 5.87. The van der Waals surface area contributed by atoms with Crippen molar-refractivity contribution in [2.45, 2.75) is 18.9 Å². The minimum absolute atomic E-state index is 0.131. The molecule has 2 N–H and O–H groups in total. The molecule has 0 fully saturated rings. The molecule has 0 aliphatic heterocycles. The van der Waals surface area contributed by atoms with Gasteiger partial charge in [0.2, 0.25) is 5.91 Å². The second-order valence-electron chi connectivity index (χ2n) is 6.12. The Hall–Kier alpha value is -3.03. The first-order chi connectivity index (χ1) is 12.1. The number of anilines is 1. The predicted octanol–water partition coefficient (Wildman–Crippen LogP) is 1.73. The Kier molecular flexibility index (Phi) is 3.79. The normalized spacial score (nSPS) is 16.0. The van der Waals surface area contributed by atoms with Crippen LogP contribution in [0.5, 0.6) is 0 Å². The third-order valence-electron chi connectivity index (χ3n) is 4.49. The SMILES string of the molecule is CN(CC(=O)N[C@H]1CCc2c(F)cccc21)c1ncnc2nc[nH]c12. The van der Waals surface area contributed by atoms with Gasteiger partial charge in [0.05, 0.1) is 18.9 Å². The molecule has 0 unspecified atom stereocenters. The summed E-state index contributed by atoms with van der Waals surface area (Å²) in [6.45, 7) is 0.131. The molecule has 0 bridgehead atoms. The Morgan fingerprint density at radius 2 is 2.28 bits per heavy atom. The summed E-state index contributed by atoms with van der Waals surface area (Å²) < 4.78 is 13.8. The summed E-state index contributed by atoms with van der Waals surface area (Å²) in [7, 11) is 1.78. The lowest BCUT2D eigenvalue weighted by molar-refractivity contribution is -0.120. The molecule has 0 spiro atoms. The van der Waals surface area contributed by atoms with E-state index in [4.69, 9.17) is 0 Å². The second-order valence-corrected chi connectivity index (χ2v) is 6.12. The highest BCUT2D eigenvalue weighted by Gasteiger charge is 2.26. The van der Waals surface area contributed by atoms with E-state index < -0.39 is 0 Å². The molecule has 0 radical (unpaired) electrons. The Labute approximate surface area is 143 Å². The standard InChI is InChI=1S/C17H17FN6O/c1-24(17-15-16(20-8-19-15)21-9-22-17)7-14(25)23-13-6-5-10-11(13)3-2-4-12(10)18/h2-4,8-9,13H,5-7H2,1H3,(H,23,25)(H,19,20,21,22)/t13-/m0/s1. The van der Waals surface area contributed by atoms with Gasteiger partial charge in [0.1, 0.15) is 17.7 Å². The number of halogens is 1. The Morgan fingerprint density at radius 1 is 1.40 bits per heavy atom. The average Bonchev–Trinajstić information content (AvgIpc) is 3.22. The van der Waals surface area contributed by atoms with E-state index in [1.165, 1.54) is 12.4 Å². The number of nitrogens with zero attached hydrogens (tertiary/aromatic N) is 4. The van der Waals surface area contributed by atoms with Gasteiger partial charge in [-0.1, -0.05) is 12.1 Å². The van der Waals surface area contributed by atoms with Crippen LogP contribution in [0.25, 0.3) is 11.2 Å². The number of benzene rings is 1. The highest BCUT2D eigenvalue weighted by atomic mass is 19.1. The van der Waals surface area contributed by atoms with Crippen LogP contribution in [0.2, 0.25) is 0 Å². The van der Waals surface area contributed by atoms with Crippen LogP contribution in [-0.2, 0) is 11.2 Å². The smallest absolute Gasteiger partial charge is 0.240 e. The fourth-order valence-electron chi connectivity index (χ4n) is 3.33. The van der Waals surface area contributed by atoms with Crippen LogP contribution in [-0.4, -0.2) is 39.4 Å². The van der Waals surface area contributed by atoms with Crippen LogP contribution in [0, 0.1) is 5.82 Å². The number of carbonyl (C=O) groups excluding carboxylic acids is 1. The van der Waals surface area contributed by atoms with Crippen LogP contribution in [0.3, 0.4) is 0 Å². The van der Waals surface area contributed by atoms with Crippen molar-refractivity contribution in [1.82, 2.24) is 25.3 Å². The number of aromatic nitrogens is 4. The van der Waals surface area contributed by atoms with E-state index in [-0.39, 0.29) is 24.3 Å². The van der Waals surface area contributed by atoms with Gasteiger partial charge in [-0.25, -0.2) is 19.3 Å². The number of likely N-dealkylation sites (N-methyl/N-ethyl adjacent to an activating group) is 1. The summed E-state index contributed by atoms with van der Waals surface area (Å²) >= 11 is 0. The van der Waals surface area contributed by atoms with Crippen molar-refractivity contribution in [3.63, 3.8) is 0 Å². The fraction of sp³-hybridized carbons (Fsp3) is 0.294. The van der Waals surface area contributed by atoms with Crippen molar-refractivity contribution < 1.29 is 9.18 Å². The van der Waals surface area contributed by atoms with Crippen molar-refractivity contribution in [1.29, 1.82) is 0 Å². The van der Waals surface area contributed by atoms with Gasteiger partial charge < -0.3 is 15.2 Å². The van der Waals surface area contributed by atoms with Crippen molar-refractivity contribution in [2.75, 3.05) is 18.5 Å². The van der Waals surface area contributed by atoms with Gasteiger partial charge in [-0.05, 0) is 30.0 Å². The molecule has 1 amide bonds. The quantitative estimate of drug-likeness (QED) is 0.755. The molecule has 25 heavy (non-hydrogen) atoms. The van der Waals surface area contributed by atoms with E-state index in [1.807, 2.05) is 6.07 Å². The Morgan fingerprint density at radius 3 is 3.16 bits per heavy atom. The summed E-state index contributed by atoms with van der Waals surface area (Å²) in [6, 6.07) is 4.87. The van der Waals surface area contributed by atoms with Crippen LogP contribution in [0.1, 0.15) is 23.6 Å². The van der Waals surface area contributed by atoms with E-state index in [2.05, 4.69) is 25.3 Å². The van der Waals surface area contributed by atoms with Crippen LogP contribution < -0.4 is 10.2 Å². The molecule has 3 aromatic rings. The Balaban J connectivity index is 1.47. The maximum absolute atomic E-state index is 13.8. The topological polar surface area (TPSA) is 86.8 Å². The van der Waals surface area contributed by atoms with E-state index >= 15 is 0 Å². The maximum Gasteiger partial charge on any atom is 0.240 e. The number of amides is 1. The van der Waals surface area contributed by atoms with Crippen molar-refractivity contribution in [3.05, 3.63) is 47.8 Å². The molecular weight excluding hydrogens is 323 g/mol. The lowest BCUT2D eigenvalue weighted by Gasteiger charge is -2.20. The molecular formula is C17H17FN6O. The number of aromatic amines is 1. The number of rotatable bonds is 4. The first-order valence-electron chi connectivity index (χ1n) is 8.05. The number of imidazole rings is 1. The van der Waals surface area contributed by atoms with E-state index in [0.29, 0.717) is 35.4 Å². The van der Waals surface area contributed by atoms with Crippen LogP contribution in [0.15, 0.2) is 30.9 Å². The Bertz CT molecular complexity index is 940. The van der Waals surface area contributed by atoms with Crippen molar-refractivity contribution in [2.24, 2.45) is 0 Å². The third kappa shape index (κ3) is 2.79. The molecule has 0 saturated carbocycles. The summed E-state index contributed by atoms with van der Waals surface area (Å²) in [4.78, 5) is 29.5. The van der Waals surface area contributed by atoms with Gasteiger partial charge in [-0.15, -0.1) is 0 Å². The molecule has 4 rings (SSSR count). The summed E-state index contributed by atoms with van der Waals surface area (Å²) in [5.41, 5.74) is 2.81. The van der Waals surface area contributed by atoms with E-state index in [9.17, 15) is 9.18 Å². The maximum atomic E-state index is 13.8. The first kappa shape index (κ1) is 15.5. The lowest BCUT2D eigenvalue weighted by Crippen LogP contribution is -2.37. The number of fused-ring (bicyclic) bond motifs is 2. The zero-order valence-electron chi connectivity index (χ0n) is 13.7. The first-order valence-corrected chi connectivity index (χ1v) is 8.05. The summed E-state index contributed by atoms with van der Waals surface area (Å²) in [6.07, 6.45) is 4.32. The van der Waals surface area contributed by atoms with Gasteiger partial charge in [-0.3, -0.25) is 4.79 Å². The molecule has 2 aromatic heterocycles. The fourth-order valence-corrected chi connectivity index (χ4v) is 3.33. The number of hydrogen-bond donors (Lipinski definition) is 2. The van der Waals surface area contributed by atoms with Gasteiger partial charge in [0.25, 0.3) is 0 Å². The minimum atomic E-state index is -0.200. The van der Waals surface area contributed by atoms with E-state index in [1.54, 1.807) is 24.3 Å². The molecule has 1 aliphatic carbocycles. The average molecular weight is 340 g/mol. The molecule has 128 valence electrons. The highest BCUT2D eigenvalue weighted by Crippen LogP contribution is 2.32. The largest absolute Gasteiger partial charge is 0.348 e. The monoisotopic (exact) mass is 340 g/mol. The predicted molar refractivity (Wildman–Crippen MR) is 90.6 cm³/mol. The third-order valence-corrected chi connectivity index (χ3v) is 4.49. The second kappa shape index (κ2) is 6.12. The molecule has 1 aromatic carbocycles. The molecule has 8 heteroatoms. The number of nitrogens with one attached hydrogen (secondary N) is 2. The van der Waals surface area contributed by atoms with Crippen LogP contribution in [0.4, 0.5) is 10.2 Å². The number of hydrogen-bond acceptors (Lipinski definition) is 5. The van der Waals surface area contributed by atoms with Gasteiger partial charge in [0.15, 0.2) is 11.5 Å². The minimum Gasteiger partial charge on any atom is -0.348 e. The summed E-state index contributed by atoms with van der Waals surface area (Å²) in [5.74, 6) is 0.264. The van der Waals surface area contributed by atoms with Crippen molar-refractivity contribution >= 4 is 22.9 Å². The van der Waals surface area contributed by atoms with Gasteiger partial charge in [0, 0.05) is 7.05 Å². The molecule has 0 saturated heterocycles. The number of H-pyrrole nitrogens is 1. The van der Waals surface area contributed by atoms with Crippen molar-refractivity contribution in [3.8, 4) is 0 Å². The zero-order chi connectivity index (χ0) is 17.4. The molecule has 1 atom stereocenters. The lowest BCUT2D eigenvalue weighted by atomic mass is 10.1. The zero-order valence-corrected chi connectivity index (χ0v) is 13.7. The molecule has 1 aliphatic rings. The number of carbonyl (C=O) groups is 1. The van der Waals surface area contributed by atoms with Crippen LogP contribution >= 0.6 is 0 Å². The van der Waals surface area contributed by atoms with Gasteiger partial charge in [-0.2, -0.15) is 0 Å². The molecule has 7 nitrogen and oxygen atoms in total.